The molecule has 1 N–H and O–H groups in total. The van der Waals surface area contributed by atoms with Crippen molar-refractivity contribution in [2.75, 3.05) is 24.6 Å². The molecule has 0 aromatic carbocycles. The fourth-order valence-corrected chi connectivity index (χ4v) is 3.00. The summed E-state index contributed by atoms with van der Waals surface area (Å²) in [5.41, 5.74) is 0.588. The summed E-state index contributed by atoms with van der Waals surface area (Å²) < 4.78 is 6.75. The SMILES string of the molecule is Cn1ccnc(N2CCC[C@H](NC(=O)C3=COCCC3)C2)c1=O. The maximum Gasteiger partial charge on any atom is 0.293 e. The van der Waals surface area contributed by atoms with E-state index in [9.17, 15) is 9.59 Å². The van der Waals surface area contributed by atoms with Gasteiger partial charge in [0.2, 0.25) is 0 Å². The van der Waals surface area contributed by atoms with Crippen molar-refractivity contribution in [2.45, 2.75) is 31.7 Å². The summed E-state index contributed by atoms with van der Waals surface area (Å²) in [6, 6.07) is 0.0192. The predicted octanol–water partition coefficient (Wildman–Crippen LogP) is 0.560. The van der Waals surface area contributed by atoms with Crippen molar-refractivity contribution in [3.63, 3.8) is 0 Å². The van der Waals surface area contributed by atoms with E-state index in [4.69, 9.17) is 4.74 Å². The lowest BCUT2D eigenvalue weighted by Crippen LogP contribution is -2.49. The number of hydrogen-bond acceptors (Lipinski definition) is 5. The van der Waals surface area contributed by atoms with E-state index in [1.165, 1.54) is 4.57 Å². The van der Waals surface area contributed by atoms with Crippen molar-refractivity contribution in [2.24, 2.45) is 7.05 Å². The molecule has 2 aliphatic heterocycles. The maximum atomic E-state index is 12.3. The van der Waals surface area contributed by atoms with Crippen molar-refractivity contribution >= 4 is 11.7 Å². The Morgan fingerprint density at radius 1 is 1.43 bits per heavy atom. The Hall–Kier alpha value is -2.31. The minimum absolute atomic E-state index is 0.0192. The molecule has 0 spiro atoms. The predicted molar refractivity (Wildman–Crippen MR) is 86.1 cm³/mol. The number of rotatable bonds is 3. The molecule has 1 fully saturated rings. The lowest BCUT2D eigenvalue weighted by Gasteiger charge is -2.33. The lowest BCUT2D eigenvalue weighted by molar-refractivity contribution is -0.118. The number of aromatic nitrogens is 2. The Balaban J connectivity index is 1.66. The van der Waals surface area contributed by atoms with Crippen LogP contribution < -0.4 is 15.8 Å². The van der Waals surface area contributed by atoms with E-state index in [0.717, 1.165) is 32.2 Å². The summed E-state index contributed by atoms with van der Waals surface area (Å²) in [5.74, 6) is 0.389. The van der Waals surface area contributed by atoms with Crippen molar-refractivity contribution in [3.05, 3.63) is 34.6 Å². The largest absolute Gasteiger partial charge is 0.501 e. The second kappa shape index (κ2) is 6.85. The van der Waals surface area contributed by atoms with Crippen LogP contribution in [-0.4, -0.2) is 41.2 Å². The zero-order valence-electron chi connectivity index (χ0n) is 13.3. The van der Waals surface area contributed by atoms with Crippen LogP contribution in [0, 0.1) is 0 Å². The molecule has 3 heterocycles. The van der Waals surface area contributed by atoms with Gasteiger partial charge in [-0.05, 0) is 25.7 Å². The highest BCUT2D eigenvalue weighted by Crippen LogP contribution is 2.16. The minimum atomic E-state index is -0.108. The molecule has 23 heavy (non-hydrogen) atoms. The van der Waals surface area contributed by atoms with Crippen LogP contribution in [0.5, 0.6) is 0 Å². The number of nitrogens with one attached hydrogen (secondary N) is 1. The highest BCUT2D eigenvalue weighted by Gasteiger charge is 2.25. The van der Waals surface area contributed by atoms with Crippen LogP contribution in [-0.2, 0) is 16.6 Å². The summed E-state index contributed by atoms with van der Waals surface area (Å²) >= 11 is 0. The van der Waals surface area contributed by atoms with Gasteiger partial charge in [0, 0.05) is 38.6 Å². The number of anilines is 1. The number of amides is 1. The first kappa shape index (κ1) is 15.6. The Morgan fingerprint density at radius 3 is 3.09 bits per heavy atom. The van der Waals surface area contributed by atoms with E-state index in [-0.39, 0.29) is 17.5 Å². The van der Waals surface area contributed by atoms with Crippen molar-refractivity contribution in [1.82, 2.24) is 14.9 Å². The number of carbonyl (C=O) groups excluding carboxylic acids is 1. The van der Waals surface area contributed by atoms with Crippen LogP contribution in [0.3, 0.4) is 0 Å². The van der Waals surface area contributed by atoms with Gasteiger partial charge < -0.3 is 19.5 Å². The molecule has 1 aromatic heterocycles. The Labute approximate surface area is 135 Å². The van der Waals surface area contributed by atoms with Crippen LogP contribution in [0.15, 0.2) is 29.0 Å². The smallest absolute Gasteiger partial charge is 0.293 e. The number of nitrogens with zero attached hydrogens (tertiary/aromatic N) is 3. The number of carbonyl (C=O) groups is 1. The van der Waals surface area contributed by atoms with E-state index in [2.05, 4.69) is 10.3 Å². The zero-order chi connectivity index (χ0) is 16.2. The number of piperidine rings is 1. The topological polar surface area (TPSA) is 76.5 Å². The average Bonchev–Trinajstić information content (AvgIpc) is 2.58. The van der Waals surface area contributed by atoms with Gasteiger partial charge in [-0.2, -0.15) is 0 Å². The van der Waals surface area contributed by atoms with Crippen LogP contribution in [0.1, 0.15) is 25.7 Å². The Morgan fingerprint density at radius 2 is 2.30 bits per heavy atom. The molecule has 3 rings (SSSR count). The van der Waals surface area contributed by atoms with Gasteiger partial charge in [-0.1, -0.05) is 0 Å². The molecule has 1 saturated heterocycles. The first-order valence-electron chi connectivity index (χ1n) is 8.03. The molecule has 0 aliphatic carbocycles. The third kappa shape index (κ3) is 3.55. The minimum Gasteiger partial charge on any atom is -0.501 e. The van der Waals surface area contributed by atoms with Crippen molar-refractivity contribution < 1.29 is 9.53 Å². The molecule has 124 valence electrons. The second-order valence-electron chi connectivity index (χ2n) is 6.04. The monoisotopic (exact) mass is 318 g/mol. The van der Waals surface area contributed by atoms with Gasteiger partial charge in [0.15, 0.2) is 5.82 Å². The van der Waals surface area contributed by atoms with Gasteiger partial charge in [0.05, 0.1) is 18.4 Å². The van der Waals surface area contributed by atoms with Crippen molar-refractivity contribution in [1.29, 1.82) is 0 Å². The molecule has 1 aromatic rings. The molecule has 1 atom stereocenters. The highest BCUT2D eigenvalue weighted by molar-refractivity contribution is 5.93. The number of hydrogen-bond donors (Lipinski definition) is 1. The molecule has 1 amide bonds. The van der Waals surface area contributed by atoms with Gasteiger partial charge in [0.25, 0.3) is 11.5 Å². The van der Waals surface area contributed by atoms with Gasteiger partial charge >= 0.3 is 0 Å². The first-order valence-corrected chi connectivity index (χ1v) is 8.03. The molecule has 7 heteroatoms. The Bertz CT molecular complexity index is 668. The molecular weight excluding hydrogens is 296 g/mol. The molecule has 0 bridgehead atoms. The van der Waals surface area contributed by atoms with Gasteiger partial charge in [-0.3, -0.25) is 9.59 Å². The van der Waals surface area contributed by atoms with Crippen LogP contribution in [0.2, 0.25) is 0 Å². The summed E-state index contributed by atoms with van der Waals surface area (Å²) in [5, 5.41) is 3.06. The third-order valence-corrected chi connectivity index (χ3v) is 4.28. The maximum absolute atomic E-state index is 12.3. The summed E-state index contributed by atoms with van der Waals surface area (Å²) in [6.07, 6.45) is 8.29. The quantitative estimate of drug-likeness (QED) is 0.881. The number of aryl methyl sites for hydroxylation is 1. The van der Waals surface area contributed by atoms with Gasteiger partial charge in [-0.15, -0.1) is 0 Å². The summed E-state index contributed by atoms with van der Waals surface area (Å²) in [6.45, 7) is 2.06. The normalized spacial score (nSPS) is 21.3. The molecule has 0 unspecified atom stereocenters. The van der Waals surface area contributed by atoms with Crippen LogP contribution in [0.4, 0.5) is 5.82 Å². The second-order valence-corrected chi connectivity index (χ2v) is 6.04. The average molecular weight is 318 g/mol. The van der Waals surface area contributed by atoms with Crippen molar-refractivity contribution in [3.8, 4) is 0 Å². The van der Waals surface area contributed by atoms with E-state index in [1.54, 1.807) is 25.7 Å². The molecule has 2 aliphatic rings. The lowest BCUT2D eigenvalue weighted by atomic mass is 10.0. The Kier molecular flexibility index (Phi) is 4.64. The standard InChI is InChI=1S/C16H22N4O3/c1-19-8-6-17-14(16(19)22)20-7-2-5-13(10-20)18-15(21)12-4-3-9-23-11-12/h6,8,11,13H,2-5,7,9-10H2,1H3,(H,18,21)/t13-/m0/s1. The van der Waals surface area contributed by atoms with Crippen LogP contribution >= 0.6 is 0 Å². The van der Waals surface area contributed by atoms with E-state index in [0.29, 0.717) is 24.5 Å². The fourth-order valence-electron chi connectivity index (χ4n) is 3.00. The number of ether oxygens (including phenoxy) is 1. The highest BCUT2D eigenvalue weighted by atomic mass is 16.5. The molecule has 0 radical (unpaired) electrons. The zero-order valence-corrected chi connectivity index (χ0v) is 13.3. The molecular formula is C16H22N4O3. The summed E-state index contributed by atoms with van der Waals surface area (Å²) in [7, 11) is 1.71. The first-order chi connectivity index (χ1) is 11.1. The van der Waals surface area contributed by atoms with Crippen LogP contribution in [0.25, 0.3) is 0 Å². The third-order valence-electron chi connectivity index (χ3n) is 4.28. The van der Waals surface area contributed by atoms with E-state index < -0.39 is 0 Å². The molecule has 0 saturated carbocycles. The van der Waals surface area contributed by atoms with Gasteiger partial charge in [-0.25, -0.2) is 4.98 Å². The fraction of sp³-hybridized carbons (Fsp3) is 0.562. The van der Waals surface area contributed by atoms with E-state index >= 15 is 0 Å². The van der Waals surface area contributed by atoms with E-state index in [1.807, 2.05) is 4.90 Å². The summed E-state index contributed by atoms with van der Waals surface area (Å²) in [4.78, 5) is 30.6. The molecule has 7 nitrogen and oxygen atoms in total. The van der Waals surface area contributed by atoms with Gasteiger partial charge in [0.1, 0.15) is 0 Å².